The summed E-state index contributed by atoms with van der Waals surface area (Å²) in [5.41, 5.74) is 0.0637. The topological polar surface area (TPSA) is 101 Å². The van der Waals surface area contributed by atoms with E-state index in [1.807, 2.05) is 20.8 Å². The number of rotatable bonds is 7. The summed E-state index contributed by atoms with van der Waals surface area (Å²) >= 11 is 0. The van der Waals surface area contributed by atoms with E-state index in [-0.39, 0.29) is 28.6 Å². The van der Waals surface area contributed by atoms with Crippen molar-refractivity contribution in [2.45, 2.75) is 51.6 Å². The monoisotopic (exact) mass is 329 g/mol. The molecule has 0 aliphatic rings. The van der Waals surface area contributed by atoms with Crippen LogP contribution < -0.4 is 10.0 Å². The predicted molar refractivity (Wildman–Crippen MR) is 86.5 cm³/mol. The molecule has 1 atom stereocenters. The van der Waals surface area contributed by atoms with Gasteiger partial charge in [-0.3, -0.25) is 10.1 Å². The molecule has 0 amide bonds. The summed E-state index contributed by atoms with van der Waals surface area (Å²) in [7, 11) is -3.76. The predicted octanol–water partition coefficient (Wildman–Crippen LogP) is 2.74. The third-order valence-corrected chi connectivity index (χ3v) is 4.91. The first kappa shape index (κ1) is 18.4. The molecule has 0 spiro atoms. The second-order valence-corrected chi connectivity index (χ2v) is 7.60. The second kappa shape index (κ2) is 7.06. The summed E-state index contributed by atoms with van der Waals surface area (Å²) in [6.07, 6.45) is 0. The largest absolute Gasteiger partial charge is 0.377 e. The van der Waals surface area contributed by atoms with Crippen molar-refractivity contribution < 1.29 is 13.3 Å². The number of nitro benzene ring substituents is 1. The highest BCUT2D eigenvalue weighted by Crippen LogP contribution is 2.29. The van der Waals surface area contributed by atoms with Crippen molar-refractivity contribution in [1.29, 1.82) is 0 Å². The van der Waals surface area contributed by atoms with E-state index in [0.717, 1.165) is 6.07 Å². The van der Waals surface area contributed by atoms with Crippen LogP contribution in [0.1, 0.15) is 34.6 Å². The van der Waals surface area contributed by atoms with Crippen LogP contribution in [0.4, 0.5) is 11.4 Å². The summed E-state index contributed by atoms with van der Waals surface area (Å²) in [5, 5.41) is 14.3. The fraction of sp³-hybridized carbons (Fsp3) is 0.571. The SMILES string of the molecule is CC(C)NS(=O)(=O)c1ccc(N[C@H](C)C(C)C)c([N+](=O)[O-])c1. The van der Waals surface area contributed by atoms with E-state index in [1.54, 1.807) is 13.8 Å². The van der Waals surface area contributed by atoms with Crippen molar-refractivity contribution in [3.8, 4) is 0 Å². The van der Waals surface area contributed by atoms with Gasteiger partial charge in [-0.1, -0.05) is 13.8 Å². The van der Waals surface area contributed by atoms with Crippen LogP contribution in [-0.4, -0.2) is 25.4 Å². The number of hydrogen-bond acceptors (Lipinski definition) is 5. The lowest BCUT2D eigenvalue weighted by Crippen LogP contribution is -2.30. The molecule has 124 valence electrons. The molecule has 0 aliphatic heterocycles. The number of anilines is 1. The van der Waals surface area contributed by atoms with Crippen LogP contribution >= 0.6 is 0 Å². The minimum Gasteiger partial charge on any atom is -0.377 e. The van der Waals surface area contributed by atoms with Crippen LogP contribution in [0, 0.1) is 16.0 Å². The zero-order chi connectivity index (χ0) is 17.1. The van der Waals surface area contributed by atoms with E-state index < -0.39 is 14.9 Å². The van der Waals surface area contributed by atoms with Gasteiger partial charge in [0.1, 0.15) is 5.69 Å². The van der Waals surface area contributed by atoms with Gasteiger partial charge in [0.25, 0.3) is 5.69 Å². The average molecular weight is 329 g/mol. The van der Waals surface area contributed by atoms with Crippen molar-refractivity contribution in [1.82, 2.24) is 4.72 Å². The molecule has 1 aromatic rings. The van der Waals surface area contributed by atoms with Crippen molar-refractivity contribution in [3.05, 3.63) is 28.3 Å². The molecule has 1 aromatic carbocycles. The molecule has 0 saturated heterocycles. The lowest BCUT2D eigenvalue weighted by Gasteiger charge is -2.19. The molecule has 22 heavy (non-hydrogen) atoms. The molecule has 2 N–H and O–H groups in total. The Morgan fingerprint density at radius 2 is 1.73 bits per heavy atom. The molecule has 0 fully saturated rings. The van der Waals surface area contributed by atoms with Gasteiger partial charge in [-0.15, -0.1) is 0 Å². The number of nitro groups is 1. The zero-order valence-electron chi connectivity index (χ0n) is 13.5. The van der Waals surface area contributed by atoms with Gasteiger partial charge >= 0.3 is 0 Å². The van der Waals surface area contributed by atoms with Crippen molar-refractivity contribution >= 4 is 21.4 Å². The van der Waals surface area contributed by atoms with Gasteiger partial charge in [0, 0.05) is 18.2 Å². The maximum atomic E-state index is 12.1. The lowest BCUT2D eigenvalue weighted by molar-refractivity contribution is -0.384. The van der Waals surface area contributed by atoms with Crippen LogP contribution in [0.25, 0.3) is 0 Å². The molecule has 8 heteroatoms. The Morgan fingerprint density at radius 3 is 2.18 bits per heavy atom. The highest BCUT2D eigenvalue weighted by Gasteiger charge is 2.23. The van der Waals surface area contributed by atoms with Gasteiger partial charge in [0.2, 0.25) is 10.0 Å². The van der Waals surface area contributed by atoms with Crippen LogP contribution in [0.5, 0.6) is 0 Å². The molecule has 7 nitrogen and oxygen atoms in total. The molecule has 0 bridgehead atoms. The van der Waals surface area contributed by atoms with E-state index in [1.165, 1.54) is 12.1 Å². The Kier molecular flexibility index (Phi) is 5.90. The second-order valence-electron chi connectivity index (χ2n) is 5.89. The van der Waals surface area contributed by atoms with E-state index >= 15 is 0 Å². The van der Waals surface area contributed by atoms with Crippen molar-refractivity contribution in [2.24, 2.45) is 5.92 Å². The Balaban J connectivity index is 3.23. The molecule has 0 saturated carbocycles. The lowest BCUT2D eigenvalue weighted by atomic mass is 10.1. The average Bonchev–Trinajstić information content (AvgIpc) is 2.36. The van der Waals surface area contributed by atoms with Gasteiger partial charge in [-0.25, -0.2) is 13.1 Å². The smallest absolute Gasteiger partial charge is 0.293 e. The molecule has 0 aromatic heterocycles. The molecule has 0 aliphatic carbocycles. The molecular formula is C14H23N3O4S. The number of hydrogen-bond donors (Lipinski definition) is 2. The fourth-order valence-corrected chi connectivity index (χ4v) is 3.01. The van der Waals surface area contributed by atoms with Gasteiger partial charge < -0.3 is 5.32 Å². The van der Waals surface area contributed by atoms with Gasteiger partial charge in [0.15, 0.2) is 0 Å². The van der Waals surface area contributed by atoms with E-state index in [0.29, 0.717) is 5.69 Å². The van der Waals surface area contributed by atoms with Gasteiger partial charge in [-0.2, -0.15) is 0 Å². The normalized spacial score (nSPS) is 13.4. The first-order valence-corrected chi connectivity index (χ1v) is 8.60. The van der Waals surface area contributed by atoms with Crippen LogP contribution in [-0.2, 0) is 10.0 Å². The van der Waals surface area contributed by atoms with Gasteiger partial charge in [-0.05, 0) is 38.8 Å². The summed E-state index contributed by atoms with van der Waals surface area (Å²) in [6.45, 7) is 9.28. The number of nitrogens with zero attached hydrogens (tertiary/aromatic N) is 1. The summed E-state index contributed by atoms with van der Waals surface area (Å²) in [4.78, 5) is 10.5. The minimum absolute atomic E-state index is 0.0231. The molecule has 0 heterocycles. The van der Waals surface area contributed by atoms with E-state index in [9.17, 15) is 18.5 Å². The number of nitrogens with one attached hydrogen (secondary N) is 2. The van der Waals surface area contributed by atoms with E-state index in [4.69, 9.17) is 0 Å². The Bertz CT molecular complexity index is 641. The quantitative estimate of drug-likeness (QED) is 0.591. The summed E-state index contributed by atoms with van der Waals surface area (Å²) in [5.74, 6) is 0.283. The number of sulfonamides is 1. The minimum atomic E-state index is -3.76. The first-order chi connectivity index (χ1) is 10.0. The number of benzene rings is 1. The van der Waals surface area contributed by atoms with Crippen LogP contribution in [0.3, 0.4) is 0 Å². The maximum absolute atomic E-state index is 12.1. The Hall–Kier alpha value is -1.67. The molecule has 1 rings (SSSR count). The van der Waals surface area contributed by atoms with E-state index in [2.05, 4.69) is 10.0 Å². The summed E-state index contributed by atoms with van der Waals surface area (Å²) < 4.78 is 26.6. The molecule has 0 radical (unpaired) electrons. The highest BCUT2D eigenvalue weighted by molar-refractivity contribution is 7.89. The Labute approximate surface area is 131 Å². The Morgan fingerprint density at radius 1 is 1.14 bits per heavy atom. The maximum Gasteiger partial charge on any atom is 0.293 e. The fourth-order valence-electron chi connectivity index (χ4n) is 1.74. The molecule has 0 unspecified atom stereocenters. The van der Waals surface area contributed by atoms with Crippen LogP contribution in [0.15, 0.2) is 23.1 Å². The zero-order valence-corrected chi connectivity index (χ0v) is 14.3. The standard InChI is InChI=1S/C14H23N3O4S/c1-9(2)11(5)15-13-7-6-12(8-14(13)17(18)19)22(20,21)16-10(3)4/h6-11,15-16H,1-5H3/t11-/m1/s1. The first-order valence-electron chi connectivity index (χ1n) is 7.12. The van der Waals surface area contributed by atoms with Crippen molar-refractivity contribution in [2.75, 3.05) is 5.32 Å². The van der Waals surface area contributed by atoms with Gasteiger partial charge in [0.05, 0.1) is 9.82 Å². The van der Waals surface area contributed by atoms with Crippen LogP contribution in [0.2, 0.25) is 0 Å². The highest BCUT2D eigenvalue weighted by atomic mass is 32.2. The molecular weight excluding hydrogens is 306 g/mol. The third-order valence-electron chi connectivity index (χ3n) is 3.25. The van der Waals surface area contributed by atoms with Crippen molar-refractivity contribution in [3.63, 3.8) is 0 Å². The third kappa shape index (κ3) is 4.67. The summed E-state index contributed by atoms with van der Waals surface area (Å²) in [6, 6.07) is 3.62.